The van der Waals surface area contributed by atoms with Gasteiger partial charge in [0.1, 0.15) is 6.42 Å². The van der Waals surface area contributed by atoms with Crippen LogP contribution in [0.15, 0.2) is 24.5 Å². The van der Waals surface area contributed by atoms with Crippen LogP contribution in [0, 0.1) is 0 Å². The van der Waals surface area contributed by atoms with Crippen molar-refractivity contribution in [2.75, 3.05) is 39.4 Å². The number of nitrogens with zero attached hydrogens (tertiary/aromatic N) is 2. The topological polar surface area (TPSA) is 83.6 Å². The number of carbonyl (C=O) groups excluding carboxylic acids is 2. The molecule has 22 heavy (non-hydrogen) atoms. The van der Waals surface area contributed by atoms with Crippen molar-refractivity contribution in [1.29, 1.82) is 0 Å². The predicted molar refractivity (Wildman–Crippen MR) is 81.0 cm³/mol. The van der Waals surface area contributed by atoms with Crippen molar-refractivity contribution < 1.29 is 14.3 Å². The third kappa shape index (κ3) is 6.19. The molecule has 0 saturated carbocycles. The molecule has 0 aliphatic carbocycles. The van der Waals surface area contributed by atoms with Gasteiger partial charge in [-0.15, -0.1) is 0 Å². The number of aromatic nitrogens is 1. The van der Waals surface area contributed by atoms with Gasteiger partial charge in [-0.3, -0.25) is 19.5 Å². The Morgan fingerprint density at radius 2 is 1.82 bits per heavy atom. The molecule has 2 N–H and O–H groups in total. The summed E-state index contributed by atoms with van der Waals surface area (Å²) in [4.78, 5) is 29.5. The molecule has 1 aromatic heterocycles. The molecule has 0 unspecified atom stereocenters. The van der Waals surface area contributed by atoms with Gasteiger partial charge in [0, 0.05) is 45.1 Å². The second-order valence-corrected chi connectivity index (χ2v) is 5.11. The van der Waals surface area contributed by atoms with Crippen LogP contribution in [0.3, 0.4) is 0 Å². The van der Waals surface area contributed by atoms with Crippen molar-refractivity contribution >= 4 is 11.8 Å². The van der Waals surface area contributed by atoms with Gasteiger partial charge in [-0.25, -0.2) is 0 Å². The van der Waals surface area contributed by atoms with E-state index >= 15 is 0 Å². The molecule has 0 bridgehead atoms. The van der Waals surface area contributed by atoms with Crippen molar-refractivity contribution in [2.24, 2.45) is 0 Å². The summed E-state index contributed by atoms with van der Waals surface area (Å²) in [5, 5.41) is 5.48. The molecule has 7 nitrogen and oxygen atoms in total. The molecular formula is C15H22N4O3. The third-order valence-corrected chi connectivity index (χ3v) is 3.41. The Hall–Kier alpha value is -1.99. The standard InChI is InChI=1S/C15H22N4O3/c20-14(17-5-6-19-7-9-22-10-8-19)11-15(21)18-12-13-1-3-16-4-2-13/h1-4H,5-12H2,(H,17,20)(H,18,21). The van der Waals surface area contributed by atoms with Crippen LogP contribution in [0.5, 0.6) is 0 Å². The van der Waals surface area contributed by atoms with Crippen LogP contribution in [0.25, 0.3) is 0 Å². The van der Waals surface area contributed by atoms with E-state index < -0.39 is 0 Å². The number of morpholine rings is 1. The van der Waals surface area contributed by atoms with Gasteiger partial charge in [0.25, 0.3) is 0 Å². The van der Waals surface area contributed by atoms with Gasteiger partial charge in [0.15, 0.2) is 0 Å². The van der Waals surface area contributed by atoms with Crippen molar-refractivity contribution in [3.05, 3.63) is 30.1 Å². The van der Waals surface area contributed by atoms with Crippen LogP contribution in [0.1, 0.15) is 12.0 Å². The maximum absolute atomic E-state index is 11.7. The molecule has 2 heterocycles. The third-order valence-electron chi connectivity index (χ3n) is 3.41. The van der Waals surface area contributed by atoms with Gasteiger partial charge < -0.3 is 15.4 Å². The number of amides is 2. The average Bonchev–Trinajstić information content (AvgIpc) is 2.55. The van der Waals surface area contributed by atoms with E-state index in [1.165, 1.54) is 0 Å². The summed E-state index contributed by atoms with van der Waals surface area (Å²) in [5.74, 6) is -0.527. The zero-order valence-corrected chi connectivity index (χ0v) is 12.6. The molecule has 7 heteroatoms. The highest BCUT2D eigenvalue weighted by molar-refractivity contribution is 5.96. The summed E-state index contributed by atoms with van der Waals surface area (Å²) < 4.78 is 5.26. The fourth-order valence-electron chi connectivity index (χ4n) is 2.15. The van der Waals surface area contributed by atoms with Crippen LogP contribution in [-0.4, -0.2) is 61.1 Å². The number of hydrogen-bond donors (Lipinski definition) is 2. The van der Waals surface area contributed by atoms with E-state index in [2.05, 4.69) is 20.5 Å². The highest BCUT2D eigenvalue weighted by Crippen LogP contribution is 1.96. The van der Waals surface area contributed by atoms with Gasteiger partial charge in [0.05, 0.1) is 13.2 Å². The minimum atomic E-state index is -0.277. The lowest BCUT2D eigenvalue weighted by molar-refractivity contribution is -0.129. The van der Waals surface area contributed by atoms with Crippen LogP contribution >= 0.6 is 0 Å². The van der Waals surface area contributed by atoms with E-state index in [4.69, 9.17) is 4.74 Å². The van der Waals surface area contributed by atoms with Crippen molar-refractivity contribution in [3.63, 3.8) is 0 Å². The lowest BCUT2D eigenvalue weighted by Crippen LogP contribution is -2.42. The average molecular weight is 306 g/mol. The summed E-state index contributed by atoms with van der Waals surface area (Å²) in [5.41, 5.74) is 0.955. The second-order valence-electron chi connectivity index (χ2n) is 5.11. The highest BCUT2D eigenvalue weighted by atomic mass is 16.5. The molecule has 1 saturated heterocycles. The number of hydrogen-bond acceptors (Lipinski definition) is 5. The summed E-state index contributed by atoms with van der Waals surface area (Å²) in [7, 11) is 0. The fraction of sp³-hybridized carbons (Fsp3) is 0.533. The molecule has 0 aromatic carbocycles. The molecular weight excluding hydrogens is 284 g/mol. The van der Waals surface area contributed by atoms with Gasteiger partial charge >= 0.3 is 0 Å². The first-order valence-corrected chi connectivity index (χ1v) is 7.46. The monoisotopic (exact) mass is 306 g/mol. The number of carbonyl (C=O) groups is 2. The first-order chi connectivity index (χ1) is 10.7. The fourth-order valence-corrected chi connectivity index (χ4v) is 2.15. The molecule has 2 rings (SSSR count). The molecule has 1 aromatic rings. The quantitative estimate of drug-likeness (QED) is 0.666. The minimum Gasteiger partial charge on any atom is -0.379 e. The normalized spacial score (nSPS) is 15.3. The smallest absolute Gasteiger partial charge is 0.229 e. The lowest BCUT2D eigenvalue weighted by Gasteiger charge is -2.26. The largest absolute Gasteiger partial charge is 0.379 e. The van der Waals surface area contributed by atoms with Gasteiger partial charge in [-0.2, -0.15) is 0 Å². The van der Waals surface area contributed by atoms with Crippen LogP contribution in [0.2, 0.25) is 0 Å². The van der Waals surface area contributed by atoms with Crippen LogP contribution in [0.4, 0.5) is 0 Å². The summed E-state index contributed by atoms with van der Waals surface area (Å²) in [6.07, 6.45) is 3.19. The number of ether oxygens (including phenoxy) is 1. The molecule has 120 valence electrons. The molecule has 1 aliphatic rings. The van der Waals surface area contributed by atoms with Gasteiger partial charge in [-0.1, -0.05) is 0 Å². The van der Waals surface area contributed by atoms with Crippen molar-refractivity contribution in [2.45, 2.75) is 13.0 Å². The maximum atomic E-state index is 11.7. The van der Waals surface area contributed by atoms with Crippen molar-refractivity contribution in [3.8, 4) is 0 Å². The Kier molecular flexibility index (Phi) is 6.79. The highest BCUT2D eigenvalue weighted by Gasteiger charge is 2.12. The zero-order chi connectivity index (χ0) is 15.6. The minimum absolute atomic E-state index is 0.145. The molecule has 0 atom stereocenters. The van der Waals surface area contributed by atoms with E-state index in [1.54, 1.807) is 12.4 Å². The predicted octanol–water partition coefficient (Wildman–Crippen LogP) is -0.464. The Morgan fingerprint density at radius 1 is 1.14 bits per heavy atom. The second kappa shape index (κ2) is 9.11. The summed E-state index contributed by atoms with van der Waals surface area (Å²) >= 11 is 0. The van der Waals surface area contributed by atoms with Crippen LogP contribution < -0.4 is 10.6 Å². The molecule has 1 fully saturated rings. The SMILES string of the molecule is O=C(CC(=O)NCc1ccncc1)NCCN1CCOCC1. The number of rotatable bonds is 7. The first-order valence-electron chi connectivity index (χ1n) is 7.46. The molecule has 2 amide bonds. The Labute approximate surface area is 130 Å². The van der Waals surface area contributed by atoms with Crippen LogP contribution in [-0.2, 0) is 20.9 Å². The van der Waals surface area contributed by atoms with E-state index in [9.17, 15) is 9.59 Å². The molecule has 1 aliphatic heterocycles. The van der Waals surface area contributed by atoms with Gasteiger partial charge in [-0.05, 0) is 17.7 Å². The summed E-state index contributed by atoms with van der Waals surface area (Å²) in [6, 6.07) is 3.64. The van der Waals surface area contributed by atoms with Crippen molar-refractivity contribution in [1.82, 2.24) is 20.5 Å². The molecule has 0 radical (unpaired) electrons. The Balaban J connectivity index is 1.56. The maximum Gasteiger partial charge on any atom is 0.229 e. The zero-order valence-electron chi connectivity index (χ0n) is 12.6. The summed E-state index contributed by atoms with van der Waals surface area (Å²) in [6.45, 7) is 5.01. The number of nitrogens with one attached hydrogen (secondary N) is 2. The lowest BCUT2D eigenvalue weighted by atomic mass is 10.2. The Bertz CT molecular complexity index is 475. The number of pyridine rings is 1. The Morgan fingerprint density at radius 3 is 2.55 bits per heavy atom. The van der Waals surface area contributed by atoms with E-state index in [1.807, 2.05) is 12.1 Å². The van der Waals surface area contributed by atoms with E-state index in [-0.39, 0.29) is 18.2 Å². The van der Waals surface area contributed by atoms with E-state index in [0.29, 0.717) is 13.1 Å². The molecule has 0 spiro atoms. The van der Waals surface area contributed by atoms with E-state index in [0.717, 1.165) is 38.4 Å². The van der Waals surface area contributed by atoms with Gasteiger partial charge in [0.2, 0.25) is 11.8 Å². The first kappa shape index (κ1) is 16.4.